The minimum atomic E-state index is -0.768. The molecule has 0 bridgehead atoms. The molecule has 2 aliphatic heterocycles. The molecule has 1 fully saturated rings. The molecule has 0 saturated carbocycles. The van der Waals surface area contributed by atoms with Gasteiger partial charge in [0.1, 0.15) is 6.23 Å². The molecule has 31 heavy (non-hydrogen) atoms. The number of fused-ring (bicyclic) bond motifs is 1. The van der Waals surface area contributed by atoms with Crippen molar-refractivity contribution in [1.29, 1.82) is 0 Å². The Morgan fingerprint density at radius 3 is 2.77 bits per heavy atom. The molecule has 168 valence electrons. The monoisotopic (exact) mass is 445 g/mol. The largest absolute Gasteiger partial charge is 0.374 e. The number of carbonyl (C=O) groups is 1. The van der Waals surface area contributed by atoms with Crippen LogP contribution in [0.1, 0.15) is 41.7 Å². The molecule has 1 unspecified atom stereocenters. The number of aliphatic hydroxyl groups excluding tert-OH is 1. The standard InChI is InChI=1S/C22H28ClN5O2.CH4/c1-13-19(12-17-16-11-15(23)3-4-18(16)27-21(17)29)26-14(2)20(13)22(30)25-7-10-28-8-5-24-6-9-28;/h3-4,11-12,22,24-26,30H,5-10H2,1-2H3,(H,27,29);1H4/b17-12-;. The number of nitrogens with one attached hydrogen (secondary N) is 4. The van der Waals surface area contributed by atoms with Crippen molar-refractivity contribution < 1.29 is 9.90 Å². The predicted octanol–water partition coefficient (Wildman–Crippen LogP) is 2.90. The zero-order valence-electron chi connectivity index (χ0n) is 17.3. The predicted molar refractivity (Wildman–Crippen MR) is 127 cm³/mol. The Balaban J connectivity index is 0.00000272. The van der Waals surface area contributed by atoms with E-state index in [1.54, 1.807) is 18.2 Å². The maximum Gasteiger partial charge on any atom is 0.256 e. The number of anilines is 1. The van der Waals surface area contributed by atoms with Crippen LogP contribution in [-0.2, 0) is 4.79 Å². The third-order valence-corrected chi connectivity index (χ3v) is 6.07. The number of hydrogen-bond acceptors (Lipinski definition) is 5. The first-order chi connectivity index (χ1) is 14.4. The van der Waals surface area contributed by atoms with Gasteiger partial charge in [0.25, 0.3) is 5.91 Å². The minimum absolute atomic E-state index is 0. The number of halogens is 1. The van der Waals surface area contributed by atoms with Crippen LogP contribution in [0.4, 0.5) is 5.69 Å². The van der Waals surface area contributed by atoms with Gasteiger partial charge >= 0.3 is 0 Å². The number of H-pyrrole nitrogens is 1. The zero-order valence-corrected chi connectivity index (χ0v) is 18.1. The summed E-state index contributed by atoms with van der Waals surface area (Å²) in [6, 6.07) is 5.36. The van der Waals surface area contributed by atoms with Crippen molar-refractivity contribution in [2.45, 2.75) is 27.5 Å². The maximum absolute atomic E-state index is 12.5. The fourth-order valence-electron chi connectivity index (χ4n) is 4.19. The molecular weight excluding hydrogens is 414 g/mol. The number of nitrogens with zero attached hydrogens (tertiary/aromatic N) is 1. The van der Waals surface area contributed by atoms with Gasteiger partial charge in [-0.05, 0) is 43.7 Å². The van der Waals surface area contributed by atoms with Crippen LogP contribution in [0, 0.1) is 13.8 Å². The van der Waals surface area contributed by atoms with Crippen LogP contribution >= 0.6 is 11.6 Å². The van der Waals surface area contributed by atoms with Crippen LogP contribution in [0.5, 0.6) is 0 Å². The van der Waals surface area contributed by atoms with Crippen LogP contribution < -0.4 is 16.0 Å². The Morgan fingerprint density at radius 2 is 2.03 bits per heavy atom. The van der Waals surface area contributed by atoms with E-state index in [-0.39, 0.29) is 13.3 Å². The first-order valence-electron chi connectivity index (χ1n) is 10.3. The highest BCUT2D eigenvalue weighted by atomic mass is 35.5. The average molecular weight is 446 g/mol. The number of benzene rings is 1. The Kier molecular flexibility index (Phi) is 7.56. The molecule has 7 nitrogen and oxygen atoms in total. The summed E-state index contributed by atoms with van der Waals surface area (Å²) in [6.45, 7) is 9.59. The molecule has 0 aliphatic carbocycles. The van der Waals surface area contributed by atoms with Gasteiger partial charge in [-0.2, -0.15) is 0 Å². The van der Waals surface area contributed by atoms with Crippen LogP contribution in [0.15, 0.2) is 18.2 Å². The number of aryl methyl sites for hydroxylation is 1. The maximum atomic E-state index is 12.5. The summed E-state index contributed by atoms with van der Waals surface area (Å²) in [5, 5.41) is 20.8. The molecule has 4 rings (SSSR count). The van der Waals surface area contributed by atoms with E-state index in [1.165, 1.54) is 0 Å². The van der Waals surface area contributed by atoms with Gasteiger partial charge in [0.2, 0.25) is 0 Å². The first-order valence-corrected chi connectivity index (χ1v) is 10.7. The molecule has 2 aromatic rings. The Morgan fingerprint density at radius 1 is 1.29 bits per heavy atom. The first kappa shape index (κ1) is 23.5. The SMILES string of the molecule is C.Cc1[nH]c(/C=C2\C(=O)Nc3ccc(Cl)cc32)c(C)c1C(O)NCCN1CCNCC1. The molecule has 1 amide bonds. The fourth-order valence-corrected chi connectivity index (χ4v) is 4.36. The quantitative estimate of drug-likeness (QED) is 0.348. The highest BCUT2D eigenvalue weighted by Crippen LogP contribution is 2.36. The second kappa shape index (κ2) is 9.97. The third kappa shape index (κ3) is 5.02. The van der Waals surface area contributed by atoms with E-state index in [0.717, 1.165) is 66.5 Å². The van der Waals surface area contributed by atoms with E-state index < -0.39 is 6.23 Å². The van der Waals surface area contributed by atoms with Crippen molar-refractivity contribution in [1.82, 2.24) is 20.5 Å². The van der Waals surface area contributed by atoms with Gasteiger partial charge < -0.3 is 20.7 Å². The van der Waals surface area contributed by atoms with Crippen molar-refractivity contribution in [2.24, 2.45) is 0 Å². The van der Waals surface area contributed by atoms with Gasteiger partial charge in [-0.1, -0.05) is 19.0 Å². The highest BCUT2D eigenvalue weighted by Gasteiger charge is 2.26. The minimum Gasteiger partial charge on any atom is -0.374 e. The Labute approximate surface area is 188 Å². The summed E-state index contributed by atoms with van der Waals surface area (Å²) in [7, 11) is 0. The lowest BCUT2D eigenvalue weighted by atomic mass is 10.0. The molecule has 1 aromatic heterocycles. The molecule has 1 atom stereocenters. The van der Waals surface area contributed by atoms with Gasteiger partial charge in [0.15, 0.2) is 0 Å². The second-order valence-electron chi connectivity index (χ2n) is 7.85. The zero-order chi connectivity index (χ0) is 21.3. The van der Waals surface area contributed by atoms with E-state index in [4.69, 9.17) is 11.6 Å². The van der Waals surface area contributed by atoms with Crippen LogP contribution in [0.3, 0.4) is 0 Å². The number of carbonyl (C=O) groups excluding carboxylic acids is 1. The van der Waals surface area contributed by atoms with Crippen LogP contribution in [0.25, 0.3) is 11.6 Å². The molecule has 2 aliphatic rings. The lowest BCUT2D eigenvalue weighted by molar-refractivity contribution is -0.110. The topological polar surface area (TPSA) is 92.4 Å². The lowest BCUT2D eigenvalue weighted by Crippen LogP contribution is -2.46. The molecule has 0 spiro atoms. The second-order valence-corrected chi connectivity index (χ2v) is 8.29. The van der Waals surface area contributed by atoms with Crippen LogP contribution in [-0.4, -0.2) is 60.2 Å². The fraction of sp³-hybridized carbons (Fsp3) is 0.435. The van der Waals surface area contributed by atoms with Gasteiger partial charge in [0, 0.05) is 72.5 Å². The molecule has 1 saturated heterocycles. The number of piperazine rings is 1. The van der Waals surface area contributed by atoms with Gasteiger partial charge in [-0.15, -0.1) is 0 Å². The van der Waals surface area contributed by atoms with Crippen molar-refractivity contribution in [3.63, 3.8) is 0 Å². The number of aromatic nitrogens is 1. The van der Waals surface area contributed by atoms with E-state index in [9.17, 15) is 9.90 Å². The number of aromatic amines is 1. The normalized spacial score (nSPS) is 18.6. The summed E-state index contributed by atoms with van der Waals surface area (Å²) in [5.41, 5.74) is 5.54. The molecule has 8 heteroatoms. The van der Waals surface area contributed by atoms with Crippen molar-refractivity contribution in [3.8, 4) is 0 Å². The molecule has 1 aromatic carbocycles. The van der Waals surface area contributed by atoms with Crippen LogP contribution in [0.2, 0.25) is 5.02 Å². The molecule has 3 heterocycles. The molecular formula is C23H32ClN5O2. The summed E-state index contributed by atoms with van der Waals surface area (Å²) < 4.78 is 0. The Bertz CT molecular complexity index is 979. The van der Waals surface area contributed by atoms with Crippen molar-refractivity contribution in [2.75, 3.05) is 44.6 Å². The number of rotatable bonds is 6. The highest BCUT2D eigenvalue weighted by molar-refractivity contribution is 6.36. The smallest absolute Gasteiger partial charge is 0.256 e. The van der Waals surface area contributed by atoms with E-state index in [1.807, 2.05) is 19.9 Å². The van der Waals surface area contributed by atoms with Gasteiger partial charge in [-0.3, -0.25) is 15.0 Å². The third-order valence-electron chi connectivity index (χ3n) is 5.84. The number of aliphatic hydroxyl groups is 1. The molecule has 5 N–H and O–H groups in total. The van der Waals surface area contributed by atoms with E-state index in [0.29, 0.717) is 17.1 Å². The Hall–Kier alpha value is -2.16. The summed E-state index contributed by atoms with van der Waals surface area (Å²) in [5.74, 6) is -0.157. The van der Waals surface area contributed by atoms with Gasteiger partial charge in [0.05, 0.1) is 5.57 Å². The summed E-state index contributed by atoms with van der Waals surface area (Å²) in [6.07, 6.45) is 1.06. The summed E-state index contributed by atoms with van der Waals surface area (Å²) >= 11 is 6.12. The summed E-state index contributed by atoms with van der Waals surface area (Å²) in [4.78, 5) is 18.2. The number of hydrogen-bond donors (Lipinski definition) is 5. The van der Waals surface area contributed by atoms with Crippen molar-refractivity contribution in [3.05, 3.63) is 51.3 Å². The number of amides is 1. The van der Waals surface area contributed by atoms with E-state index in [2.05, 4.69) is 25.8 Å². The average Bonchev–Trinajstić information content (AvgIpc) is 3.18. The van der Waals surface area contributed by atoms with E-state index >= 15 is 0 Å². The van der Waals surface area contributed by atoms with Gasteiger partial charge in [-0.25, -0.2) is 0 Å². The van der Waals surface area contributed by atoms with Crippen molar-refractivity contribution >= 4 is 34.8 Å². The molecule has 0 radical (unpaired) electrons. The lowest BCUT2D eigenvalue weighted by Gasteiger charge is -2.27.